The molecule has 0 bridgehead atoms. The molecular formula is C17H18N4O. The number of pyridine rings is 1. The molecule has 0 atom stereocenters. The van der Waals surface area contributed by atoms with E-state index in [1.807, 2.05) is 17.0 Å². The highest BCUT2D eigenvalue weighted by atomic mass is 16.2. The van der Waals surface area contributed by atoms with E-state index in [4.69, 9.17) is 0 Å². The first-order valence-corrected chi connectivity index (χ1v) is 7.67. The first-order valence-electron chi connectivity index (χ1n) is 7.67. The number of amides is 1. The van der Waals surface area contributed by atoms with Crippen LogP contribution in [-0.4, -0.2) is 38.4 Å². The number of carbonyl (C=O) groups is 1. The van der Waals surface area contributed by atoms with E-state index in [0.29, 0.717) is 6.04 Å². The summed E-state index contributed by atoms with van der Waals surface area (Å²) >= 11 is 0. The highest BCUT2D eigenvalue weighted by Crippen LogP contribution is 2.25. The second-order valence-corrected chi connectivity index (χ2v) is 5.76. The van der Waals surface area contributed by atoms with Gasteiger partial charge in [0.25, 0.3) is 5.91 Å². The fourth-order valence-electron chi connectivity index (χ4n) is 3.26. The summed E-state index contributed by atoms with van der Waals surface area (Å²) < 4.78 is 2.25. The molecule has 1 aliphatic rings. The van der Waals surface area contributed by atoms with Gasteiger partial charge >= 0.3 is 0 Å². The summed E-state index contributed by atoms with van der Waals surface area (Å²) in [6.07, 6.45) is 9.72. The molecule has 1 fully saturated rings. The minimum absolute atomic E-state index is 0.102. The Morgan fingerprint density at radius 3 is 2.73 bits per heavy atom. The quantitative estimate of drug-likeness (QED) is 0.790. The van der Waals surface area contributed by atoms with Gasteiger partial charge in [-0.3, -0.25) is 4.79 Å². The van der Waals surface area contributed by atoms with Crippen molar-refractivity contribution in [2.75, 3.05) is 13.1 Å². The van der Waals surface area contributed by atoms with Crippen molar-refractivity contribution in [2.45, 2.75) is 18.9 Å². The molecule has 4 rings (SSSR count). The van der Waals surface area contributed by atoms with Gasteiger partial charge in [-0.2, -0.15) is 0 Å². The van der Waals surface area contributed by atoms with E-state index in [2.05, 4.69) is 39.1 Å². The molecule has 0 unspecified atom stereocenters. The van der Waals surface area contributed by atoms with Crippen LogP contribution in [0.3, 0.4) is 0 Å². The first-order chi connectivity index (χ1) is 10.8. The standard InChI is InChI=1S/C17H18N4O/c22-17(15-12-19-16-14(15)4-3-7-18-16)21-10-5-13(6-11-21)20-8-1-2-9-20/h1-4,7-9,12-13H,5-6,10-11H2,(H,18,19). The van der Waals surface area contributed by atoms with E-state index in [-0.39, 0.29) is 5.91 Å². The predicted octanol–water partition coefficient (Wildman–Crippen LogP) is 2.84. The average molecular weight is 294 g/mol. The number of rotatable bonds is 2. The van der Waals surface area contributed by atoms with Crippen LogP contribution in [0, 0.1) is 0 Å². The third-order valence-electron chi connectivity index (χ3n) is 4.48. The average Bonchev–Trinajstić information content (AvgIpc) is 3.24. The third-order valence-corrected chi connectivity index (χ3v) is 4.48. The Balaban J connectivity index is 1.50. The molecule has 1 N–H and O–H groups in total. The number of aromatic amines is 1. The Morgan fingerprint density at radius 1 is 1.18 bits per heavy atom. The molecule has 5 nitrogen and oxygen atoms in total. The van der Waals surface area contributed by atoms with Gasteiger partial charge in [0.1, 0.15) is 5.65 Å². The largest absolute Gasteiger partial charge is 0.351 e. The molecule has 4 heterocycles. The Morgan fingerprint density at radius 2 is 1.95 bits per heavy atom. The van der Waals surface area contributed by atoms with Crippen LogP contribution in [0.25, 0.3) is 11.0 Å². The second kappa shape index (κ2) is 5.33. The van der Waals surface area contributed by atoms with Crippen LogP contribution in [0.2, 0.25) is 0 Å². The molecular weight excluding hydrogens is 276 g/mol. The van der Waals surface area contributed by atoms with E-state index in [1.165, 1.54) is 0 Å². The summed E-state index contributed by atoms with van der Waals surface area (Å²) in [6.45, 7) is 1.60. The zero-order chi connectivity index (χ0) is 14.9. The number of carbonyl (C=O) groups excluding carboxylic acids is 1. The number of piperidine rings is 1. The number of fused-ring (bicyclic) bond motifs is 1. The molecule has 0 radical (unpaired) electrons. The maximum atomic E-state index is 12.7. The lowest BCUT2D eigenvalue weighted by atomic mass is 10.0. The number of nitrogens with one attached hydrogen (secondary N) is 1. The molecule has 1 aliphatic heterocycles. The summed E-state index contributed by atoms with van der Waals surface area (Å²) in [7, 11) is 0. The fraction of sp³-hybridized carbons (Fsp3) is 0.294. The van der Waals surface area contributed by atoms with Gasteiger partial charge in [-0.1, -0.05) is 0 Å². The predicted molar refractivity (Wildman–Crippen MR) is 84.7 cm³/mol. The van der Waals surface area contributed by atoms with Crippen LogP contribution in [0.1, 0.15) is 29.2 Å². The zero-order valence-corrected chi connectivity index (χ0v) is 12.3. The van der Waals surface area contributed by atoms with Gasteiger partial charge < -0.3 is 14.5 Å². The van der Waals surface area contributed by atoms with Crippen LogP contribution in [0.15, 0.2) is 49.1 Å². The van der Waals surface area contributed by atoms with Gasteiger partial charge in [-0.05, 0) is 37.1 Å². The van der Waals surface area contributed by atoms with E-state index in [1.54, 1.807) is 12.4 Å². The Bertz CT molecular complexity index is 782. The lowest BCUT2D eigenvalue weighted by molar-refractivity contribution is 0.0697. The lowest BCUT2D eigenvalue weighted by Gasteiger charge is -2.32. The maximum absolute atomic E-state index is 12.7. The summed E-state index contributed by atoms with van der Waals surface area (Å²) in [5.41, 5.74) is 1.50. The van der Waals surface area contributed by atoms with Crippen LogP contribution in [0.5, 0.6) is 0 Å². The summed E-state index contributed by atoms with van der Waals surface area (Å²) in [6, 6.07) is 8.42. The van der Waals surface area contributed by atoms with Crippen molar-refractivity contribution in [3.05, 3.63) is 54.6 Å². The van der Waals surface area contributed by atoms with Crippen molar-refractivity contribution in [3.63, 3.8) is 0 Å². The Hall–Kier alpha value is -2.56. The molecule has 5 heteroatoms. The van der Waals surface area contributed by atoms with Crippen LogP contribution in [-0.2, 0) is 0 Å². The van der Waals surface area contributed by atoms with Crippen LogP contribution < -0.4 is 0 Å². The van der Waals surface area contributed by atoms with Gasteiger partial charge in [0.15, 0.2) is 0 Å². The maximum Gasteiger partial charge on any atom is 0.256 e. The summed E-state index contributed by atoms with van der Waals surface area (Å²) in [4.78, 5) is 22.0. The smallest absolute Gasteiger partial charge is 0.256 e. The van der Waals surface area contributed by atoms with Gasteiger partial charge in [-0.25, -0.2) is 4.98 Å². The highest BCUT2D eigenvalue weighted by Gasteiger charge is 2.25. The number of nitrogens with zero attached hydrogens (tertiary/aromatic N) is 3. The monoisotopic (exact) mass is 294 g/mol. The van der Waals surface area contributed by atoms with E-state index >= 15 is 0 Å². The molecule has 22 heavy (non-hydrogen) atoms. The van der Waals surface area contributed by atoms with Crippen molar-refractivity contribution in [2.24, 2.45) is 0 Å². The van der Waals surface area contributed by atoms with Crippen molar-refractivity contribution in [1.82, 2.24) is 19.4 Å². The van der Waals surface area contributed by atoms with Gasteiger partial charge in [-0.15, -0.1) is 0 Å². The molecule has 3 aromatic rings. The Labute approximate surface area is 128 Å². The van der Waals surface area contributed by atoms with E-state index in [0.717, 1.165) is 42.5 Å². The Kier molecular flexibility index (Phi) is 3.18. The van der Waals surface area contributed by atoms with Crippen molar-refractivity contribution in [1.29, 1.82) is 0 Å². The number of aromatic nitrogens is 3. The molecule has 1 amide bonds. The highest BCUT2D eigenvalue weighted by molar-refractivity contribution is 6.05. The second-order valence-electron chi connectivity index (χ2n) is 5.76. The third kappa shape index (κ3) is 2.19. The fourth-order valence-corrected chi connectivity index (χ4v) is 3.26. The normalized spacial score (nSPS) is 16.3. The van der Waals surface area contributed by atoms with Crippen LogP contribution >= 0.6 is 0 Å². The van der Waals surface area contributed by atoms with Crippen molar-refractivity contribution < 1.29 is 4.79 Å². The summed E-state index contributed by atoms with van der Waals surface area (Å²) in [5, 5.41) is 0.903. The number of hydrogen-bond acceptors (Lipinski definition) is 2. The summed E-state index contributed by atoms with van der Waals surface area (Å²) in [5.74, 6) is 0.102. The number of hydrogen-bond donors (Lipinski definition) is 1. The lowest BCUT2D eigenvalue weighted by Crippen LogP contribution is -2.38. The van der Waals surface area contributed by atoms with Gasteiger partial charge in [0.2, 0.25) is 0 Å². The molecule has 0 spiro atoms. The van der Waals surface area contributed by atoms with Crippen LogP contribution in [0.4, 0.5) is 0 Å². The van der Waals surface area contributed by atoms with Gasteiger partial charge in [0, 0.05) is 49.3 Å². The van der Waals surface area contributed by atoms with E-state index in [9.17, 15) is 4.79 Å². The topological polar surface area (TPSA) is 53.9 Å². The van der Waals surface area contributed by atoms with Crippen molar-refractivity contribution >= 4 is 16.9 Å². The molecule has 112 valence electrons. The molecule has 0 aliphatic carbocycles. The molecule has 0 saturated carbocycles. The molecule has 3 aromatic heterocycles. The SMILES string of the molecule is O=C(c1c[nH]c2ncccc12)N1CCC(n2cccc2)CC1. The van der Waals surface area contributed by atoms with Gasteiger partial charge in [0.05, 0.1) is 5.56 Å². The number of H-pyrrole nitrogens is 1. The molecule has 1 saturated heterocycles. The minimum Gasteiger partial charge on any atom is -0.351 e. The number of likely N-dealkylation sites (tertiary alicyclic amines) is 1. The van der Waals surface area contributed by atoms with E-state index < -0.39 is 0 Å². The minimum atomic E-state index is 0.102. The zero-order valence-electron chi connectivity index (χ0n) is 12.3. The first kappa shape index (κ1) is 13.1. The van der Waals surface area contributed by atoms with Crippen molar-refractivity contribution in [3.8, 4) is 0 Å². The molecule has 0 aromatic carbocycles.